The second-order valence-corrected chi connectivity index (χ2v) is 5.72. The lowest BCUT2D eigenvalue weighted by Crippen LogP contribution is -2.38. The third-order valence-electron chi connectivity index (χ3n) is 4.43. The summed E-state index contributed by atoms with van der Waals surface area (Å²) in [5.41, 5.74) is 0.962. The van der Waals surface area contributed by atoms with E-state index in [0.717, 1.165) is 35.9 Å². The summed E-state index contributed by atoms with van der Waals surface area (Å²) in [5.74, 6) is 1.90. The van der Waals surface area contributed by atoms with Gasteiger partial charge in [0.05, 0.1) is 0 Å². The molecule has 0 aromatic carbocycles. The molecule has 4 rings (SSSR count). The highest BCUT2D eigenvalue weighted by Gasteiger charge is 2.33. The van der Waals surface area contributed by atoms with Crippen LogP contribution in [0.2, 0.25) is 0 Å². The molecular weight excluding hydrogens is 224 g/mol. The van der Waals surface area contributed by atoms with Gasteiger partial charge in [-0.25, -0.2) is 0 Å². The quantitative estimate of drug-likeness (QED) is 0.873. The summed E-state index contributed by atoms with van der Waals surface area (Å²) in [6.07, 6.45) is 8.47. The molecule has 2 unspecified atom stereocenters. The number of fused-ring (bicyclic) bond motifs is 3. The van der Waals surface area contributed by atoms with Crippen molar-refractivity contribution >= 4 is 5.65 Å². The van der Waals surface area contributed by atoms with Crippen molar-refractivity contribution in [1.82, 2.24) is 19.9 Å². The number of piperidine rings is 1. The van der Waals surface area contributed by atoms with Crippen molar-refractivity contribution in [2.45, 2.75) is 44.2 Å². The van der Waals surface area contributed by atoms with E-state index in [2.05, 4.69) is 26.1 Å². The Hall–Kier alpha value is -1.42. The molecule has 0 aliphatic carbocycles. The van der Waals surface area contributed by atoms with Gasteiger partial charge in [-0.2, -0.15) is 0 Å². The van der Waals surface area contributed by atoms with E-state index in [1.165, 1.54) is 25.7 Å². The van der Waals surface area contributed by atoms with Crippen LogP contribution in [0.25, 0.3) is 5.65 Å². The number of rotatable bonds is 2. The Morgan fingerprint density at radius 3 is 2.83 bits per heavy atom. The van der Waals surface area contributed by atoms with Gasteiger partial charge in [-0.05, 0) is 43.7 Å². The zero-order valence-electron chi connectivity index (χ0n) is 10.4. The van der Waals surface area contributed by atoms with E-state index in [1.54, 1.807) is 0 Å². The second kappa shape index (κ2) is 4.05. The highest BCUT2D eigenvalue weighted by Crippen LogP contribution is 2.32. The molecular formula is C14H18N4. The molecule has 4 heteroatoms. The van der Waals surface area contributed by atoms with Crippen LogP contribution in [-0.2, 0) is 6.42 Å². The Kier molecular flexibility index (Phi) is 2.36. The van der Waals surface area contributed by atoms with Crippen LogP contribution in [0.3, 0.4) is 0 Å². The van der Waals surface area contributed by atoms with Crippen LogP contribution in [0.4, 0.5) is 0 Å². The van der Waals surface area contributed by atoms with Crippen LogP contribution in [0.1, 0.15) is 31.5 Å². The van der Waals surface area contributed by atoms with E-state index in [4.69, 9.17) is 0 Å². The van der Waals surface area contributed by atoms with E-state index in [0.29, 0.717) is 0 Å². The van der Waals surface area contributed by atoms with Crippen molar-refractivity contribution in [3.63, 3.8) is 0 Å². The number of hydrogen-bond acceptors (Lipinski definition) is 3. The van der Waals surface area contributed by atoms with Crippen molar-refractivity contribution in [3.05, 3.63) is 30.2 Å². The molecule has 2 aromatic heterocycles. The predicted octanol–water partition coefficient (Wildman–Crippen LogP) is 1.80. The van der Waals surface area contributed by atoms with Crippen molar-refractivity contribution in [2.75, 3.05) is 0 Å². The summed E-state index contributed by atoms with van der Waals surface area (Å²) in [4.78, 5) is 0. The molecule has 0 radical (unpaired) electrons. The molecule has 2 aliphatic rings. The van der Waals surface area contributed by atoms with Gasteiger partial charge in [0.25, 0.3) is 0 Å². The van der Waals surface area contributed by atoms with Gasteiger partial charge in [0, 0.05) is 24.7 Å². The SMILES string of the molecule is c1ccn2c(CC3CC4CCC(C3)N4)nnc2c1. The van der Waals surface area contributed by atoms with Gasteiger partial charge >= 0.3 is 0 Å². The van der Waals surface area contributed by atoms with E-state index in [-0.39, 0.29) is 0 Å². The number of aromatic nitrogens is 3. The van der Waals surface area contributed by atoms with Gasteiger partial charge in [-0.3, -0.25) is 4.40 Å². The largest absolute Gasteiger partial charge is 0.311 e. The average Bonchev–Trinajstić information content (AvgIpc) is 2.94. The van der Waals surface area contributed by atoms with E-state index in [1.807, 2.05) is 18.2 Å². The molecule has 1 N–H and O–H groups in total. The highest BCUT2D eigenvalue weighted by atomic mass is 15.2. The van der Waals surface area contributed by atoms with E-state index >= 15 is 0 Å². The summed E-state index contributed by atoms with van der Waals surface area (Å²) in [6.45, 7) is 0. The summed E-state index contributed by atoms with van der Waals surface area (Å²) >= 11 is 0. The van der Waals surface area contributed by atoms with Gasteiger partial charge in [-0.1, -0.05) is 6.07 Å². The smallest absolute Gasteiger partial charge is 0.160 e. The molecule has 2 aliphatic heterocycles. The fourth-order valence-electron chi connectivity index (χ4n) is 3.63. The lowest BCUT2D eigenvalue weighted by atomic mass is 9.89. The van der Waals surface area contributed by atoms with Crippen LogP contribution in [0.15, 0.2) is 24.4 Å². The maximum absolute atomic E-state index is 4.35. The minimum Gasteiger partial charge on any atom is -0.311 e. The third-order valence-corrected chi connectivity index (χ3v) is 4.43. The standard InChI is InChI=1S/C14H18N4/c1-2-6-18-13(3-1)16-17-14(18)9-10-7-11-4-5-12(8-10)15-11/h1-3,6,10-12,15H,4-5,7-9H2. The molecule has 2 fully saturated rings. The second-order valence-electron chi connectivity index (χ2n) is 5.72. The minimum absolute atomic E-state index is 0.757. The topological polar surface area (TPSA) is 42.2 Å². The number of pyridine rings is 1. The van der Waals surface area contributed by atoms with Crippen LogP contribution >= 0.6 is 0 Å². The van der Waals surface area contributed by atoms with Crippen molar-refractivity contribution in [2.24, 2.45) is 5.92 Å². The third kappa shape index (κ3) is 1.72. The molecule has 4 heterocycles. The fraction of sp³-hybridized carbons (Fsp3) is 0.571. The van der Waals surface area contributed by atoms with E-state index < -0.39 is 0 Å². The Morgan fingerprint density at radius 1 is 1.17 bits per heavy atom. The highest BCUT2D eigenvalue weighted by molar-refractivity contribution is 5.37. The molecule has 2 aromatic rings. The number of nitrogens with one attached hydrogen (secondary N) is 1. The maximum atomic E-state index is 4.35. The van der Waals surface area contributed by atoms with Gasteiger partial charge in [-0.15, -0.1) is 10.2 Å². The monoisotopic (exact) mass is 242 g/mol. The molecule has 0 amide bonds. The van der Waals surface area contributed by atoms with Crippen molar-refractivity contribution < 1.29 is 0 Å². The molecule has 2 atom stereocenters. The Morgan fingerprint density at radius 2 is 2.00 bits per heavy atom. The van der Waals surface area contributed by atoms with Crippen LogP contribution in [-0.4, -0.2) is 26.7 Å². The molecule has 0 saturated carbocycles. The molecule has 2 bridgehead atoms. The Labute approximate surface area is 106 Å². The number of hydrogen-bond donors (Lipinski definition) is 1. The van der Waals surface area contributed by atoms with E-state index in [9.17, 15) is 0 Å². The molecule has 94 valence electrons. The van der Waals surface area contributed by atoms with Crippen LogP contribution < -0.4 is 5.32 Å². The lowest BCUT2D eigenvalue weighted by Gasteiger charge is -2.28. The summed E-state index contributed by atoms with van der Waals surface area (Å²) in [6, 6.07) is 7.59. The summed E-state index contributed by atoms with van der Waals surface area (Å²) in [7, 11) is 0. The molecule has 0 spiro atoms. The lowest BCUT2D eigenvalue weighted by molar-refractivity contribution is 0.294. The fourth-order valence-corrected chi connectivity index (χ4v) is 3.63. The summed E-state index contributed by atoms with van der Waals surface area (Å²) in [5, 5.41) is 12.3. The van der Waals surface area contributed by atoms with Gasteiger partial charge < -0.3 is 5.32 Å². The first kappa shape index (κ1) is 10.5. The molecule has 18 heavy (non-hydrogen) atoms. The van der Waals surface area contributed by atoms with Gasteiger partial charge in [0.15, 0.2) is 5.65 Å². The first-order valence-corrected chi connectivity index (χ1v) is 6.93. The zero-order valence-corrected chi connectivity index (χ0v) is 10.4. The minimum atomic E-state index is 0.757. The normalized spacial score (nSPS) is 31.0. The molecule has 2 saturated heterocycles. The summed E-state index contributed by atoms with van der Waals surface area (Å²) < 4.78 is 2.13. The first-order chi connectivity index (χ1) is 8.88. The van der Waals surface area contributed by atoms with Crippen LogP contribution in [0.5, 0.6) is 0 Å². The van der Waals surface area contributed by atoms with Gasteiger partial charge in [0.1, 0.15) is 5.82 Å². The molecule has 4 nitrogen and oxygen atoms in total. The Balaban J connectivity index is 1.57. The predicted molar refractivity (Wildman–Crippen MR) is 69.4 cm³/mol. The number of nitrogens with zero attached hydrogens (tertiary/aromatic N) is 3. The van der Waals surface area contributed by atoms with Crippen LogP contribution in [0, 0.1) is 5.92 Å². The average molecular weight is 242 g/mol. The first-order valence-electron chi connectivity index (χ1n) is 6.93. The Bertz CT molecular complexity index is 550. The van der Waals surface area contributed by atoms with Crippen molar-refractivity contribution in [3.8, 4) is 0 Å². The maximum Gasteiger partial charge on any atom is 0.160 e. The van der Waals surface area contributed by atoms with Gasteiger partial charge in [0.2, 0.25) is 0 Å². The zero-order chi connectivity index (χ0) is 11.9. The van der Waals surface area contributed by atoms with Crippen molar-refractivity contribution in [1.29, 1.82) is 0 Å².